The van der Waals surface area contributed by atoms with Crippen molar-refractivity contribution in [1.82, 2.24) is 9.62 Å². The molecule has 174 valence electrons. The Labute approximate surface area is 189 Å². The van der Waals surface area contributed by atoms with Crippen molar-refractivity contribution in [2.24, 2.45) is 0 Å². The Kier molecular flexibility index (Phi) is 7.42. The fraction of sp³-hybridized carbons (Fsp3) is 0.381. The number of hydrogen-bond acceptors (Lipinski definition) is 6. The lowest BCUT2D eigenvalue weighted by molar-refractivity contribution is 0.0947. The van der Waals surface area contributed by atoms with E-state index in [9.17, 15) is 21.6 Å². The largest absolute Gasteiger partial charge is 0.492 e. The van der Waals surface area contributed by atoms with Gasteiger partial charge in [0.15, 0.2) is 0 Å². The van der Waals surface area contributed by atoms with Crippen LogP contribution < -0.4 is 14.4 Å². The van der Waals surface area contributed by atoms with E-state index in [0.29, 0.717) is 18.8 Å². The number of carbonyl (C=O) groups excluding carboxylic acids is 1. The van der Waals surface area contributed by atoms with E-state index in [0.717, 1.165) is 23.4 Å². The third-order valence-electron chi connectivity index (χ3n) is 5.17. The van der Waals surface area contributed by atoms with E-state index in [4.69, 9.17) is 4.74 Å². The number of rotatable bonds is 9. The highest BCUT2D eigenvalue weighted by Gasteiger charge is 2.27. The molecule has 0 aliphatic carbocycles. The molecule has 1 amide bonds. The maximum atomic E-state index is 12.5. The zero-order valence-corrected chi connectivity index (χ0v) is 19.7. The quantitative estimate of drug-likeness (QED) is 0.545. The molecule has 1 heterocycles. The summed E-state index contributed by atoms with van der Waals surface area (Å²) in [5.74, 6) is 0.0589. The molecule has 0 saturated carbocycles. The first-order valence-corrected chi connectivity index (χ1v) is 13.4. The van der Waals surface area contributed by atoms with Gasteiger partial charge in [-0.15, -0.1) is 0 Å². The molecule has 1 saturated heterocycles. The number of nitrogens with one attached hydrogen (secondary N) is 1. The highest BCUT2D eigenvalue weighted by Crippen LogP contribution is 2.23. The summed E-state index contributed by atoms with van der Waals surface area (Å²) in [4.78, 5) is 12.8. The van der Waals surface area contributed by atoms with E-state index in [1.165, 1.54) is 23.5 Å². The van der Waals surface area contributed by atoms with Gasteiger partial charge in [0.05, 0.1) is 28.9 Å². The zero-order chi connectivity index (χ0) is 23.4. The van der Waals surface area contributed by atoms with Crippen molar-refractivity contribution in [3.63, 3.8) is 0 Å². The van der Waals surface area contributed by atoms with Crippen LogP contribution in [0.1, 0.15) is 23.2 Å². The van der Waals surface area contributed by atoms with Crippen molar-refractivity contribution in [2.45, 2.75) is 17.7 Å². The standard InChI is InChI=1S/C21H27N3O6S2/c1-23(31(2,26)27)20-8-4-3-7-19(20)21(25)22-13-16-30-17-9-11-18(12-10-17)32(28,29)24-14-5-6-15-24/h3-4,7-12H,5-6,13-16H2,1-2H3,(H,22,25). The Bertz CT molecular complexity index is 1160. The summed E-state index contributed by atoms with van der Waals surface area (Å²) in [6, 6.07) is 12.6. The molecule has 1 N–H and O–H groups in total. The van der Waals surface area contributed by atoms with Crippen molar-refractivity contribution in [3.05, 3.63) is 54.1 Å². The minimum atomic E-state index is -3.51. The molecule has 0 atom stereocenters. The molecule has 2 aromatic carbocycles. The monoisotopic (exact) mass is 481 g/mol. The third-order valence-corrected chi connectivity index (χ3v) is 8.27. The number of carbonyl (C=O) groups is 1. The van der Waals surface area contributed by atoms with Crippen LogP contribution in [0.3, 0.4) is 0 Å². The van der Waals surface area contributed by atoms with Crippen molar-refractivity contribution in [3.8, 4) is 5.75 Å². The molecule has 1 fully saturated rings. The van der Waals surface area contributed by atoms with E-state index >= 15 is 0 Å². The van der Waals surface area contributed by atoms with Gasteiger partial charge in [0.2, 0.25) is 20.0 Å². The first-order chi connectivity index (χ1) is 15.1. The van der Waals surface area contributed by atoms with Crippen molar-refractivity contribution in [1.29, 1.82) is 0 Å². The van der Waals surface area contributed by atoms with Crippen LogP contribution in [0.2, 0.25) is 0 Å². The molecule has 3 rings (SSSR count). The van der Waals surface area contributed by atoms with Gasteiger partial charge < -0.3 is 10.1 Å². The van der Waals surface area contributed by atoms with Gasteiger partial charge in [-0.1, -0.05) is 12.1 Å². The summed E-state index contributed by atoms with van der Waals surface area (Å²) < 4.78 is 56.9. The van der Waals surface area contributed by atoms with Gasteiger partial charge >= 0.3 is 0 Å². The number of nitrogens with zero attached hydrogens (tertiary/aromatic N) is 2. The predicted octanol–water partition coefficient (Wildman–Crippen LogP) is 1.68. The number of para-hydroxylation sites is 1. The predicted molar refractivity (Wildman–Crippen MR) is 122 cm³/mol. The second-order valence-corrected chi connectivity index (χ2v) is 11.4. The number of ether oxygens (including phenoxy) is 1. The Hall–Kier alpha value is -2.63. The van der Waals surface area contributed by atoms with Crippen molar-refractivity contribution < 1.29 is 26.4 Å². The average Bonchev–Trinajstić information content (AvgIpc) is 3.32. The average molecular weight is 482 g/mol. The topological polar surface area (TPSA) is 113 Å². The van der Waals surface area contributed by atoms with E-state index in [-0.39, 0.29) is 29.3 Å². The molecule has 0 unspecified atom stereocenters. The van der Waals surface area contributed by atoms with Gasteiger partial charge in [-0.05, 0) is 49.2 Å². The van der Waals surface area contributed by atoms with Crippen molar-refractivity contribution in [2.75, 3.05) is 43.8 Å². The Balaban J connectivity index is 1.54. The first-order valence-electron chi connectivity index (χ1n) is 10.1. The highest BCUT2D eigenvalue weighted by molar-refractivity contribution is 7.92. The van der Waals surface area contributed by atoms with Crippen LogP contribution >= 0.6 is 0 Å². The fourth-order valence-electron chi connectivity index (χ4n) is 3.33. The fourth-order valence-corrected chi connectivity index (χ4v) is 5.37. The maximum absolute atomic E-state index is 12.5. The van der Waals surface area contributed by atoms with Crippen LogP contribution in [0.4, 0.5) is 5.69 Å². The third kappa shape index (κ3) is 5.59. The molecular formula is C21H27N3O6S2. The molecular weight excluding hydrogens is 454 g/mol. The molecule has 2 aromatic rings. The number of amides is 1. The summed E-state index contributed by atoms with van der Waals surface area (Å²) in [5, 5.41) is 2.70. The summed E-state index contributed by atoms with van der Waals surface area (Å²) in [6.07, 6.45) is 2.82. The van der Waals surface area contributed by atoms with Gasteiger partial charge in [0.25, 0.3) is 5.91 Å². The second kappa shape index (κ2) is 9.88. The molecule has 0 aromatic heterocycles. The van der Waals surface area contributed by atoms with Gasteiger partial charge in [-0.2, -0.15) is 4.31 Å². The maximum Gasteiger partial charge on any atom is 0.253 e. The van der Waals surface area contributed by atoms with Crippen molar-refractivity contribution >= 4 is 31.6 Å². The van der Waals surface area contributed by atoms with E-state index in [1.807, 2.05) is 0 Å². The molecule has 11 heteroatoms. The van der Waals surface area contributed by atoms with Gasteiger partial charge in [0.1, 0.15) is 12.4 Å². The normalized spacial score (nSPS) is 14.8. The summed E-state index contributed by atoms with van der Waals surface area (Å²) in [7, 11) is -5.59. The van der Waals surface area contributed by atoms with Crippen LogP contribution in [0.5, 0.6) is 5.75 Å². The molecule has 0 spiro atoms. The lowest BCUT2D eigenvalue weighted by Gasteiger charge is -2.19. The van der Waals surface area contributed by atoms with E-state index < -0.39 is 26.0 Å². The number of anilines is 1. The first kappa shape index (κ1) is 24.0. The Morgan fingerprint density at radius 3 is 2.28 bits per heavy atom. The smallest absolute Gasteiger partial charge is 0.253 e. The Morgan fingerprint density at radius 1 is 1.03 bits per heavy atom. The van der Waals surface area contributed by atoms with Gasteiger partial charge in [0, 0.05) is 20.1 Å². The van der Waals surface area contributed by atoms with Crippen LogP contribution in [-0.2, 0) is 20.0 Å². The molecule has 9 nitrogen and oxygen atoms in total. The zero-order valence-electron chi connectivity index (χ0n) is 18.0. The van der Waals surface area contributed by atoms with E-state index in [2.05, 4.69) is 5.32 Å². The lowest BCUT2D eigenvalue weighted by atomic mass is 10.1. The van der Waals surface area contributed by atoms with Crippen LogP contribution in [0.25, 0.3) is 0 Å². The number of sulfonamides is 2. The molecule has 1 aliphatic rings. The highest BCUT2D eigenvalue weighted by atomic mass is 32.2. The number of benzene rings is 2. The minimum absolute atomic E-state index is 0.161. The van der Waals surface area contributed by atoms with Crippen LogP contribution in [0, 0.1) is 0 Å². The SMILES string of the molecule is CN(c1ccccc1C(=O)NCCOc1ccc(S(=O)(=O)N2CCCC2)cc1)S(C)(=O)=O. The molecule has 1 aliphatic heterocycles. The Morgan fingerprint density at radius 2 is 1.66 bits per heavy atom. The van der Waals surface area contributed by atoms with E-state index in [1.54, 1.807) is 36.4 Å². The number of hydrogen-bond donors (Lipinski definition) is 1. The second-order valence-electron chi connectivity index (χ2n) is 7.43. The van der Waals surface area contributed by atoms with Crippen LogP contribution in [0.15, 0.2) is 53.4 Å². The molecule has 0 bridgehead atoms. The van der Waals surface area contributed by atoms with Gasteiger partial charge in [-0.25, -0.2) is 16.8 Å². The summed E-state index contributed by atoms with van der Waals surface area (Å²) in [6.45, 7) is 1.43. The lowest BCUT2D eigenvalue weighted by Crippen LogP contribution is -2.31. The minimum Gasteiger partial charge on any atom is -0.492 e. The van der Waals surface area contributed by atoms with Crippen LogP contribution in [-0.4, -0.2) is 66.6 Å². The van der Waals surface area contributed by atoms with Gasteiger partial charge in [-0.3, -0.25) is 9.10 Å². The summed E-state index contributed by atoms with van der Waals surface area (Å²) >= 11 is 0. The molecule has 32 heavy (non-hydrogen) atoms. The summed E-state index contributed by atoms with van der Waals surface area (Å²) in [5.41, 5.74) is 0.514. The molecule has 0 radical (unpaired) electrons.